The molecule has 0 fully saturated rings. The van der Waals surface area contributed by atoms with Gasteiger partial charge in [-0.15, -0.1) is 0 Å². The summed E-state index contributed by atoms with van der Waals surface area (Å²) in [7, 11) is 0. The Labute approximate surface area is 157 Å². The summed E-state index contributed by atoms with van der Waals surface area (Å²) in [5, 5.41) is 9.50. The van der Waals surface area contributed by atoms with Crippen LogP contribution in [0.5, 0.6) is 0 Å². The summed E-state index contributed by atoms with van der Waals surface area (Å²) >= 11 is 0. The molecule has 1 heterocycles. The monoisotopic (exact) mass is 372 g/mol. The first-order valence-electron chi connectivity index (χ1n) is 8.66. The molecule has 0 aliphatic carbocycles. The Morgan fingerprint density at radius 2 is 1.74 bits per heavy atom. The van der Waals surface area contributed by atoms with Crippen molar-refractivity contribution in [1.29, 1.82) is 0 Å². The molecule has 0 aliphatic rings. The van der Waals surface area contributed by atoms with Crippen molar-refractivity contribution in [2.45, 2.75) is 46.3 Å². The molecular weight excluding hydrogens is 348 g/mol. The molecule has 0 saturated carbocycles. The highest BCUT2D eigenvalue weighted by Crippen LogP contribution is 2.14. The lowest BCUT2D eigenvalue weighted by Gasteiger charge is -2.15. The standard InChI is InChI=1S/C19H24N4O4/c1-12(2)23-17(9-10-20-23)22-19(26)13(3)27-18(25)11-15-5-7-16(8-6-15)21-14(4)24/h5-10,12-13H,11H2,1-4H3,(H,21,24)(H,22,26)/t13-/m1/s1. The van der Waals surface area contributed by atoms with E-state index in [0.717, 1.165) is 5.56 Å². The van der Waals surface area contributed by atoms with Gasteiger partial charge in [0, 0.05) is 24.7 Å². The molecule has 8 nitrogen and oxygen atoms in total. The molecule has 1 aromatic heterocycles. The summed E-state index contributed by atoms with van der Waals surface area (Å²) < 4.78 is 6.88. The number of carbonyl (C=O) groups is 3. The van der Waals surface area contributed by atoms with Gasteiger partial charge in [-0.25, -0.2) is 4.68 Å². The van der Waals surface area contributed by atoms with Crippen molar-refractivity contribution in [3.63, 3.8) is 0 Å². The molecule has 0 radical (unpaired) electrons. The molecule has 2 N–H and O–H groups in total. The highest BCUT2D eigenvalue weighted by molar-refractivity contribution is 5.94. The number of aromatic nitrogens is 2. The second-order valence-electron chi connectivity index (χ2n) is 6.43. The van der Waals surface area contributed by atoms with Gasteiger partial charge in [-0.3, -0.25) is 14.4 Å². The summed E-state index contributed by atoms with van der Waals surface area (Å²) in [4.78, 5) is 35.3. The van der Waals surface area contributed by atoms with Crippen LogP contribution in [0, 0.1) is 0 Å². The van der Waals surface area contributed by atoms with Crippen molar-refractivity contribution < 1.29 is 19.1 Å². The van der Waals surface area contributed by atoms with E-state index < -0.39 is 18.0 Å². The maximum atomic E-state index is 12.3. The van der Waals surface area contributed by atoms with E-state index in [0.29, 0.717) is 11.5 Å². The fraction of sp³-hybridized carbons (Fsp3) is 0.368. The number of ether oxygens (including phenoxy) is 1. The zero-order valence-electron chi connectivity index (χ0n) is 15.9. The fourth-order valence-electron chi connectivity index (χ4n) is 2.42. The number of esters is 1. The molecule has 0 aliphatic heterocycles. The Kier molecular flexibility index (Phi) is 6.70. The van der Waals surface area contributed by atoms with Gasteiger partial charge in [0.1, 0.15) is 5.82 Å². The molecule has 2 rings (SSSR count). The molecule has 144 valence electrons. The van der Waals surface area contributed by atoms with E-state index in [1.165, 1.54) is 13.8 Å². The number of nitrogens with zero attached hydrogens (tertiary/aromatic N) is 2. The third-order valence-electron chi connectivity index (χ3n) is 3.71. The number of rotatable bonds is 7. The number of anilines is 2. The number of carbonyl (C=O) groups excluding carboxylic acids is 3. The Morgan fingerprint density at radius 1 is 1.07 bits per heavy atom. The van der Waals surface area contributed by atoms with Gasteiger partial charge >= 0.3 is 5.97 Å². The van der Waals surface area contributed by atoms with Gasteiger partial charge in [0.15, 0.2) is 6.10 Å². The Bertz CT molecular complexity index is 811. The highest BCUT2D eigenvalue weighted by Gasteiger charge is 2.20. The molecule has 27 heavy (non-hydrogen) atoms. The predicted molar refractivity (Wildman–Crippen MR) is 101 cm³/mol. The van der Waals surface area contributed by atoms with Gasteiger partial charge in [0.2, 0.25) is 5.91 Å². The molecule has 2 amide bonds. The predicted octanol–water partition coefficient (Wildman–Crippen LogP) is 2.54. The van der Waals surface area contributed by atoms with E-state index in [4.69, 9.17) is 4.74 Å². The molecule has 0 unspecified atom stereocenters. The largest absolute Gasteiger partial charge is 0.452 e. The van der Waals surface area contributed by atoms with Crippen LogP contribution in [0.3, 0.4) is 0 Å². The van der Waals surface area contributed by atoms with Gasteiger partial charge in [-0.1, -0.05) is 12.1 Å². The molecule has 2 aromatic rings. The molecule has 0 bridgehead atoms. The first kappa shape index (κ1) is 20.2. The van der Waals surface area contributed by atoms with Gasteiger partial charge in [-0.2, -0.15) is 5.10 Å². The third-order valence-corrected chi connectivity index (χ3v) is 3.71. The van der Waals surface area contributed by atoms with Crippen LogP contribution in [0.25, 0.3) is 0 Å². The molecule has 8 heteroatoms. The van der Waals surface area contributed by atoms with Crippen molar-refractivity contribution >= 4 is 29.3 Å². The van der Waals surface area contributed by atoms with Crippen LogP contribution in [0.2, 0.25) is 0 Å². The Morgan fingerprint density at radius 3 is 2.33 bits per heavy atom. The van der Waals surface area contributed by atoms with Gasteiger partial charge in [0.05, 0.1) is 12.6 Å². The number of benzene rings is 1. The normalized spacial score (nSPS) is 11.7. The average molecular weight is 372 g/mol. The van der Waals surface area contributed by atoms with E-state index in [9.17, 15) is 14.4 Å². The maximum absolute atomic E-state index is 12.3. The number of nitrogens with one attached hydrogen (secondary N) is 2. The van der Waals surface area contributed by atoms with E-state index in [2.05, 4.69) is 15.7 Å². The molecular formula is C19H24N4O4. The van der Waals surface area contributed by atoms with Crippen molar-refractivity contribution in [3.8, 4) is 0 Å². The van der Waals surface area contributed by atoms with E-state index in [1.807, 2.05) is 13.8 Å². The maximum Gasteiger partial charge on any atom is 0.311 e. The SMILES string of the molecule is CC(=O)Nc1ccc(CC(=O)O[C@H](C)C(=O)Nc2ccnn2C(C)C)cc1. The second kappa shape index (κ2) is 8.98. The lowest BCUT2D eigenvalue weighted by atomic mass is 10.1. The molecule has 0 saturated heterocycles. The lowest BCUT2D eigenvalue weighted by Crippen LogP contribution is -2.31. The quantitative estimate of drug-likeness (QED) is 0.727. The second-order valence-corrected chi connectivity index (χ2v) is 6.43. The Hall–Kier alpha value is -3.16. The van der Waals surface area contributed by atoms with Gasteiger partial charge in [-0.05, 0) is 38.5 Å². The Balaban J connectivity index is 1.88. The van der Waals surface area contributed by atoms with Crippen LogP contribution < -0.4 is 10.6 Å². The first-order valence-corrected chi connectivity index (χ1v) is 8.66. The van der Waals surface area contributed by atoms with Crippen LogP contribution in [0.15, 0.2) is 36.5 Å². The van der Waals surface area contributed by atoms with Crippen molar-refractivity contribution in [2.24, 2.45) is 0 Å². The summed E-state index contributed by atoms with van der Waals surface area (Å²) in [5.74, 6) is -0.554. The van der Waals surface area contributed by atoms with Gasteiger partial charge in [0.25, 0.3) is 5.91 Å². The highest BCUT2D eigenvalue weighted by atomic mass is 16.5. The number of amides is 2. The van der Waals surface area contributed by atoms with E-state index in [1.54, 1.807) is 41.2 Å². The first-order chi connectivity index (χ1) is 12.8. The molecule has 1 aromatic carbocycles. The lowest BCUT2D eigenvalue weighted by molar-refractivity contribution is -0.152. The fourth-order valence-corrected chi connectivity index (χ4v) is 2.42. The van der Waals surface area contributed by atoms with E-state index >= 15 is 0 Å². The molecule has 0 spiro atoms. The van der Waals surface area contributed by atoms with Crippen molar-refractivity contribution in [3.05, 3.63) is 42.1 Å². The minimum Gasteiger partial charge on any atom is -0.452 e. The van der Waals surface area contributed by atoms with Crippen LogP contribution in [0.4, 0.5) is 11.5 Å². The molecule has 1 atom stereocenters. The van der Waals surface area contributed by atoms with Gasteiger partial charge < -0.3 is 15.4 Å². The van der Waals surface area contributed by atoms with E-state index in [-0.39, 0.29) is 18.4 Å². The summed E-state index contributed by atoms with van der Waals surface area (Å²) in [6.45, 7) is 6.83. The minimum atomic E-state index is -0.938. The summed E-state index contributed by atoms with van der Waals surface area (Å²) in [6, 6.07) is 8.62. The summed E-state index contributed by atoms with van der Waals surface area (Å²) in [5.41, 5.74) is 1.37. The smallest absolute Gasteiger partial charge is 0.311 e. The van der Waals surface area contributed by atoms with Crippen LogP contribution in [0.1, 0.15) is 39.3 Å². The van der Waals surface area contributed by atoms with Crippen LogP contribution >= 0.6 is 0 Å². The zero-order chi connectivity index (χ0) is 20.0. The third kappa shape index (κ3) is 5.95. The topological polar surface area (TPSA) is 102 Å². The minimum absolute atomic E-state index is 0.0297. The van der Waals surface area contributed by atoms with Crippen LogP contribution in [-0.2, 0) is 25.5 Å². The number of hydrogen-bond donors (Lipinski definition) is 2. The average Bonchev–Trinajstić information content (AvgIpc) is 3.04. The number of hydrogen-bond acceptors (Lipinski definition) is 5. The summed E-state index contributed by atoms with van der Waals surface area (Å²) in [6.07, 6.45) is 0.686. The van der Waals surface area contributed by atoms with Crippen molar-refractivity contribution in [1.82, 2.24) is 9.78 Å². The van der Waals surface area contributed by atoms with Crippen LogP contribution in [-0.4, -0.2) is 33.7 Å². The zero-order valence-corrected chi connectivity index (χ0v) is 15.9. The van der Waals surface area contributed by atoms with Crippen molar-refractivity contribution in [2.75, 3.05) is 10.6 Å².